The van der Waals surface area contributed by atoms with E-state index in [9.17, 15) is 9.59 Å². The largest absolute Gasteiger partial charge is 0.456 e. The fourth-order valence-corrected chi connectivity index (χ4v) is 4.22. The van der Waals surface area contributed by atoms with Crippen LogP contribution in [0.15, 0.2) is 24.3 Å². The van der Waals surface area contributed by atoms with Crippen molar-refractivity contribution in [2.75, 3.05) is 13.2 Å². The molecule has 0 aromatic heterocycles. The summed E-state index contributed by atoms with van der Waals surface area (Å²) in [5, 5.41) is 3.47. The Morgan fingerprint density at radius 3 is 2.62 bits per heavy atom. The van der Waals surface area contributed by atoms with E-state index in [1.54, 1.807) is 0 Å². The van der Waals surface area contributed by atoms with E-state index in [2.05, 4.69) is 5.32 Å². The first-order valence-electron chi connectivity index (χ1n) is 8.77. The Kier molecular flexibility index (Phi) is 5.77. The minimum Gasteiger partial charge on any atom is -0.456 e. The monoisotopic (exact) mass is 349 g/mol. The molecule has 1 aromatic rings. The molecule has 3 rings (SSSR count). The number of fused-ring (bicyclic) bond motifs is 2. The van der Waals surface area contributed by atoms with Crippen molar-refractivity contribution in [1.82, 2.24) is 5.32 Å². The molecule has 4 nitrogen and oxygen atoms in total. The van der Waals surface area contributed by atoms with Gasteiger partial charge in [-0.3, -0.25) is 9.59 Å². The Bertz CT molecular complexity index is 587. The number of carbonyl (C=O) groups is 2. The molecule has 0 unspecified atom stereocenters. The maximum Gasteiger partial charge on any atom is 0.306 e. The first kappa shape index (κ1) is 17.3. The van der Waals surface area contributed by atoms with E-state index in [1.807, 2.05) is 24.3 Å². The zero-order chi connectivity index (χ0) is 16.9. The van der Waals surface area contributed by atoms with Gasteiger partial charge in [-0.15, -0.1) is 0 Å². The number of ether oxygens (including phenoxy) is 1. The van der Waals surface area contributed by atoms with Crippen molar-refractivity contribution in [3.8, 4) is 0 Å². The van der Waals surface area contributed by atoms with E-state index in [0.717, 1.165) is 24.3 Å². The third kappa shape index (κ3) is 4.73. The zero-order valence-corrected chi connectivity index (χ0v) is 14.6. The molecule has 2 saturated carbocycles. The van der Waals surface area contributed by atoms with Gasteiger partial charge in [-0.2, -0.15) is 0 Å². The van der Waals surface area contributed by atoms with E-state index < -0.39 is 0 Å². The van der Waals surface area contributed by atoms with Gasteiger partial charge in [0.25, 0.3) is 5.91 Å². The summed E-state index contributed by atoms with van der Waals surface area (Å²) in [6.45, 7) is 0.338. The molecule has 3 atom stereocenters. The molecule has 130 valence electrons. The van der Waals surface area contributed by atoms with Crippen molar-refractivity contribution in [3.63, 3.8) is 0 Å². The molecular weight excluding hydrogens is 326 g/mol. The Balaban J connectivity index is 1.29. The number of hydrogen-bond donors (Lipinski definition) is 1. The first-order chi connectivity index (χ1) is 11.6. The maximum absolute atomic E-state index is 11.9. The molecule has 24 heavy (non-hydrogen) atoms. The molecule has 2 aliphatic carbocycles. The normalized spacial score (nSPS) is 24.8. The van der Waals surface area contributed by atoms with Crippen LogP contribution in [0.3, 0.4) is 0 Å². The SMILES string of the molecule is O=C(COC(=O)C[C@@H]1C[C@@H]2CC[C@@H]1C2)NCCc1ccc(Cl)cc1. The van der Waals surface area contributed by atoms with Crippen molar-refractivity contribution in [1.29, 1.82) is 0 Å². The fourth-order valence-electron chi connectivity index (χ4n) is 4.09. The lowest BCUT2D eigenvalue weighted by molar-refractivity contribution is -0.149. The van der Waals surface area contributed by atoms with E-state index in [0.29, 0.717) is 29.8 Å². The smallest absolute Gasteiger partial charge is 0.306 e. The number of halogens is 1. The summed E-state index contributed by atoms with van der Waals surface area (Å²) in [5.41, 5.74) is 1.10. The van der Waals surface area contributed by atoms with Gasteiger partial charge < -0.3 is 10.1 Å². The predicted molar refractivity (Wildman–Crippen MR) is 92.7 cm³/mol. The summed E-state index contributed by atoms with van der Waals surface area (Å²) in [4.78, 5) is 23.6. The molecular formula is C19H24ClNO3. The summed E-state index contributed by atoms with van der Waals surface area (Å²) in [5.74, 6) is 1.52. The molecule has 1 aromatic carbocycles. The number of amides is 1. The van der Waals surface area contributed by atoms with Gasteiger partial charge in [0.15, 0.2) is 6.61 Å². The molecule has 2 aliphatic rings. The van der Waals surface area contributed by atoms with Crippen LogP contribution in [0.5, 0.6) is 0 Å². The summed E-state index contributed by atoms with van der Waals surface area (Å²) in [6, 6.07) is 7.53. The molecule has 1 N–H and O–H groups in total. The lowest BCUT2D eigenvalue weighted by Gasteiger charge is -2.20. The van der Waals surface area contributed by atoms with Crippen LogP contribution in [0.1, 0.15) is 37.7 Å². The van der Waals surface area contributed by atoms with Gasteiger partial charge in [-0.05, 0) is 61.1 Å². The van der Waals surface area contributed by atoms with Crippen molar-refractivity contribution in [3.05, 3.63) is 34.9 Å². The van der Waals surface area contributed by atoms with Crippen LogP contribution >= 0.6 is 11.6 Å². The van der Waals surface area contributed by atoms with Crippen molar-refractivity contribution >= 4 is 23.5 Å². The van der Waals surface area contributed by atoms with Crippen LogP contribution in [-0.2, 0) is 20.7 Å². The van der Waals surface area contributed by atoms with Crippen LogP contribution in [0.4, 0.5) is 0 Å². The maximum atomic E-state index is 11.9. The Morgan fingerprint density at radius 2 is 1.96 bits per heavy atom. The lowest BCUT2D eigenvalue weighted by atomic mass is 9.86. The van der Waals surface area contributed by atoms with E-state index in [1.165, 1.54) is 19.3 Å². The predicted octanol–water partition coefficient (Wildman–Crippen LogP) is 3.37. The van der Waals surface area contributed by atoms with Crippen LogP contribution in [0, 0.1) is 17.8 Å². The van der Waals surface area contributed by atoms with Crippen LogP contribution in [0.25, 0.3) is 0 Å². The Labute approximate surface area is 147 Å². The average molecular weight is 350 g/mol. The fraction of sp³-hybridized carbons (Fsp3) is 0.579. The molecule has 1 amide bonds. The highest BCUT2D eigenvalue weighted by Gasteiger charge is 2.40. The summed E-state index contributed by atoms with van der Waals surface area (Å²) in [6.07, 6.45) is 6.22. The van der Waals surface area contributed by atoms with Gasteiger partial charge in [-0.1, -0.05) is 30.2 Å². The third-order valence-electron chi connectivity index (χ3n) is 5.33. The van der Waals surface area contributed by atoms with Gasteiger partial charge in [0.05, 0.1) is 0 Å². The highest BCUT2D eigenvalue weighted by Crippen LogP contribution is 2.49. The molecule has 0 heterocycles. The molecule has 2 fully saturated rings. The highest BCUT2D eigenvalue weighted by atomic mass is 35.5. The minimum absolute atomic E-state index is 0.180. The molecule has 0 saturated heterocycles. The third-order valence-corrected chi connectivity index (χ3v) is 5.58. The number of nitrogens with one attached hydrogen (secondary N) is 1. The van der Waals surface area contributed by atoms with Crippen molar-refractivity contribution in [2.45, 2.75) is 38.5 Å². The number of esters is 1. The molecule has 0 aliphatic heterocycles. The van der Waals surface area contributed by atoms with Gasteiger partial charge in [0, 0.05) is 18.0 Å². The van der Waals surface area contributed by atoms with Crippen LogP contribution < -0.4 is 5.32 Å². The first-order valence-corrected chi connectivity index (χ1v) is 9.14. The number of rotatable bonds is 7. The van der Waals surface area contributed by atoms with Gasteiger partial charge in [-0.25, -0.2) is 0 Å². The highest BCUT2D eigenvalue weighted by molar-refractivity contribution is 6.30. The van der Waals surface area contributed by atoms with E-state index >= 15 is 0 Å². The minimum atomic E-state index is -0.245. The van der Waals surface area contributed by atoms with Crippen LogP contribution in [0.2, 0.25) is 5.02 Å². The second kappa shape index (κ2) is 8.02. The van der Waals surface area contributed by atoms with Crippen LogP contribution in [-0.4, -0.2) is 25.0 Å². The quantitative estimate of drug-likeness (QED) is 0.768. The average Bonchev–Trinajstić information content (AvgIpc) is 3.18. The van der Waals surface area contributed by atoms with Gasteiger partial charge in [0.2, 0.25) is 0 Å². The lowest BCUT2D eigenvalue weighted by Crippen LogP contribution is -2.31. The molecule has 0 radical (unpaired) electrons. The van der Waals surface area contributed by atoms with E-state index in [4.69, 9.17) is 16.3 Å². The summed E-state index contributed by atoms with van der Waals surface area (Å²) < 4.78 is 5.12. The second-order valence-electron chi connectivity index (χ2n) is 7.03. The second-order valence-corrected chi connectivity index (χ2v) is 7.46. The molecule has 5 heteroatoms. The number of carbonyl (C=O) groups excluding carboxylic acids is 2. The zero-order valence-electron chi connectivity index (χ0n) is 13.8. The van der Waals surface area contributed by atoms with Gasteiger partial charge in [0.1, 0.15) is 0 Å². The van der Waals surface area contributed by atoms with Crippen molar-refractivity contribution < 1.29 is 14.3 Å². The molecule has 0 spiro atoms. The van der Waals surface area contributed by atoms with E-state index in [-0.39, 0.29) is 18.5 Å². The topological polar surface area (TPSA) is 55.4 Å². The standard InChI is InChI=1S/C19H24ClNO3/c20-17-5-2-13(3-6-17)7-8-21-18(22)12-24-19(23)11-16-10-14-1-4-15(16)9-14/h2-3,5-6,14-16H,1,4,7-12H2,(H,21,22)/t14-,15-,16+/m1/s1. The van der Waals surface area contributed by atoms with Crippen molar-refractivity contribution in [2.24, 2.45) is 17.8 Å². The number of benzene rings is 1. The Hall–Kier alpha value is -1.55. The number of hydrogen-bond acceptors (Lipinski definition) is 3. The Morgan fingerprint density at radius 1 is 1.17 bits per heavy atom. The summed E-state index contributed by atoms with van der Waals surface area (Å²) >= 11 is 5.83. The molecule has 2 bridgehead atoms. The summed E-state index contributed by atoms with van der Waals surface area (Å²) in [7, 11) is 0. The van der Waals surface area contributed by atoms with Gasteiger partial charge >= 0.3 is 5.97 Å².